The van der Waals surface area contributed by atoms with Crippen LogP contribution in [0.2, 0.25) is 10.0 Å². The monoisotopic (exact) mass is 465 g/mol. The molecule has 8 heteroatoms. The fourth-order valence-corrected chi connectivity index (χ4v) is 4.21. The summed E-state index contributed by atoms with van der Waals surface area (Å²) in [6.07, 6.45) is 2.14. The van der Waals surface area contributed by atoms with Gasteiger partial charge < -0.3 is 25.8 Å². The predicted octanol–water partition coefficient (Wildman–Crippen LogP) is 4.15. The number of nitrogen functional groups attached to an aromatic ring is 1. The zero-order valence-corrected chi connectivity index (χ0v) is 19.1. The molecular formula is C23H29Cl2N3O3. The van der Waals surface area contributed by atoms with E-state index in [1.54, 1.807) is 18.2 Å². The topological polar surface area (TPSA) is 87.8 Å². The Morgan fingerprint density at radius 1 is 1.29 bits per heavy atom. The second kappa shape index (κ2) is 11.0. The zero-order chi connectivity index (χ0) is 22.4. The first-order valence-electron chi connectivity index (χ1n) is 10.4. The Hall–Kier alpha value is -1.99. The van der Waals surface area contributed by atoms with Gasteiger partial charge in [-0.05, 0) is 62.0 Å². The Morgan fingerprint density at radius 3 is 2.71 bits per heavy atom. The number of aliphatic hydroxyl groups is 1. The van der Waals surface area contributed by atoms with Crippen molar-refractivity contribution in [2.45, 2.75) is 25.4 Å². The minimum Gasteiger partial charge on any atom is -0.496 e. The number of rotatable bonds is 8. The number of hydrogen-bond acceptors (Lipinski definition) is 5. The summed E-state index contributed by atoms with van der Waals surface area (Å²) in [7, 11) is 1.50. The van der Waals surface area contributed by atoms with E-state index in [0.717, 1.165) is 38.0 Å². The summed E-state index contributed by atoms with van der Waals surface area (Å²) in [6.45, 7) is 3.32. The van der Waals surface area contributed by atoms with Crippen LogP contribution in [-0.2, 0) is 0 Å². The van der Waals surface area contributed by atoms with Crippen LogP contribution in [0, 0.1) is 5.92 Å². The largest absolute Gasteiger partial charge is 0.496 e. The van der Waals surface area contributed by atoms with Crippen molar-refractivity contribution in [3.05, 3.63) is 57.6 Å². The molecule has 0 aliphatic carbocycles. The molecule has 3 rings (SSSR count). The van der Waals surface area contributed by atoms with Crippen LogP contribution in [0.5, 0.6) is 5.75 Å². The number of nitrogens with one attached hydrogen (secondary N) is 1. The van der Waals surface area contributed by atoms with E-state index in [2.05, 4.69) is 10.2 Å². The summed E-state index contributed by atoms with van der Waals surface area (Å²) in [6, 6.07) is 10.5. The maximum atomic E-state index is 12.6. The molecule has 2 aromatic rings. The van der Waals surface area contributed by atoms with Crippen LogP contribution in [0.25, 0.3) is 0 Å². The van der Waals surface area contributed by atoms with Crippen LogP contribution in [0.1, 0.15) is 41.3 Å². The number of carbonyl (C=O) groups excluding carboxylic acids is 1. The Labute approximate surface area is 193 Å². The lowest BCUT2D eigenvalue weighted by molar-refractivity contribution is 0.0925. The molecular weight excluding hydrogens is 437 g/mol. The van der Waals surface area contributed by atoms with Crippen LogP contribution in [0.4, 0.5) is 5.69 Å². The number of aliphatic hydroxyl groups excluding tert-OH is 1. The Bertz CT molecular complexity index is 902. The molecule has 0 spiro atoms. The van der Waals surface area contributed by atoms with Gasteiger partial charge in [-0.2, -0.15) is 0 Å². The number of piperidine rings is 1. The van der Waals surface area contributed by atoms with Gasteiger partial charge in [0.1, 0.15) is 5.75 Å². The molecule has 1 heterocycles. The first-order chi connectivity index (χ1) is 14.9. The number of amides is 1. The van der Waals surface area contributed by atoms with Gasteiger partial charge in [0.15, 0.2) is 0 Å². The van der Waals surface area contributed by atoms with Crippen molar-refractivity contribution in [3.63, 3.8) is 0 Å². The number of ether oxygens (including phenoxy) is 1. The average molecular weight is 466 g/mol. The van der Waals surface area contributed by atoms with Crippen LogP contribution >= 0.6 is 23.2 Å². The van der Waals surface area contributed by atoms with Gasteiger partial charge in [-0.3, -0.25) is 4.79 Å². The average Bonchev–Trinajstić information content (AvgIpc) is 2.78. The minimum absolute atomic E-state index is 0.217. The number of carbonyl (C=O) groups is 1. The molecule has 1 aliphatic rings. The lowest BCUT2D eigenvalue weighted by Crippen LogP contribution is -2.39. The van der Waals surface area contributed by atoms with E-state index >= 15 is 0 Å². The first-order valence-corrected chi connectivity index (χ1v) is 11.2. The Kier molecular flexibility index (Phi) is 8.43. The molecule has 168 valence electrons. The van der Waals surface area contributed by atoms with Crippen LogP contribution in [-0.4, -0.2) is 49.2 Å². The molecule has 31 heavy (non-hydrogen) atoms. The van der Waals surface area contributed by atoms with Crippen molar-refractivity contribution in [2.24, 2.45) is 5.92 Å². The van der Waals surface area contributed by atoms with Crippen molar-refractivity contribution in [2.75, 3.05) is 39.0 Å². The summed E-state index contributed by atoms with van der Waals surface area (Å²) in [5.41, 5.74) is 7.39. The lowest BCUT2D eigenvalue weighted by Gasteiger charge is -2.32. The maximum Gasteiger partial charge on any atom is 0.255 e. The molecule has 1 atom stereocenters. The van der Waals surface area contributed by atoms with Crippen LogP contribution in [0.3, 0.4) is 0 Å². The lowest BCUT2D eigenvalue weighted by atomic mass is 9.96. The third-order valence-electron chi connectivity index (χ3n) is 5.77. The van der Waals surface area contributed by atoms with Gasteiger partial charge in [0.05, 0.1) is 29.5 Å². The highest BCUT2D eigenvalue weighted by Crippen LogP contribution is 2.29. The normalized spacial score (nSPS) is 16.1. The summed E-state index contributed by atoms with van der Waals surface area (Å²) in [5, 5.41) is 14.4. The van der Waals surface area contributed by atoms with Crippen LogP contribution < -0.4 is 15.8 Å². The molecule has 0 radical (unpaired) electrons. The zero-order valence-electron chi connectivity index (χ0n) is 17.6. The summed E-state index contributed by atoms with van der Waals surface area (Å²) < 4.78 is 5.26. The van der Waals surface area contributed by atoms with Gasteiger partial charge in [-0.15, -0.1) is 0 Å². The fourth-order valence-electron chi connectivity index (χ4n) is 3.85. The van der Waals surface area contributed by atoms with E-state index in [-0.39, 0.29) is 5.91 Å². The van der Waals surface area contributed by atoms with Crippen molar-refractivity contribution in [3.8, 4) is 5.75 Å². The smallest absolute Gasteiger partial charge is 0.255 e. The standard InChI is InChI=1S/C23H29Cl2N3O3/c1-31-22-13-20(26)19(25)12-18(22)23(30)27-14-15-5-8-28(9-6-15)10-7-21(29)16-3-2-4-17(24)11-16/h2-4,11-13,15,21,29H,5-10,14,26H2,1H3,(H,27,30). The molecule has 1 unspecified atom stereocenters. The van der Waals surface area contributed by atoms with Crippen molar-refractivity contribution >= 4 is 34.8 Å². The summed E-state index contributed by atoms with van der Waals surface area (Å²) in [5.74, 6) is 0.603. The van der Waals surface area contributed by atoms with Gasteiger partial charge in [0.2, 0.25) is 0 Å². The highest BCUT2D eigenvalue weighted by atomic mass is 35.5. The first kappa shape index (κ1) is 23.7. The van der Waals surface area contributed by atoms with Gasteiger partial charge in [-0.1, -0.05) is 35.3 Å². The molecule has 4 N–H and O–H groups in total. The van der Waals surface area contributed by atoms with Gasteiger partial charge in [0.25, 0.3) is 5.91 Å². The number of likely N-dealkylation sites (tertiary alicyclic amines) is 1. The van der Waals surface area contributed by atoms with E-state index in [1.165, 1.54) is 7.11 Å². The number of nitrogens with zero attached hydrogens (tertiary/aromatic N) is 1. The highest BCUT2D eigenvalue weighted by molar-refractivity contribution is 6.33. The molecule has 1 aliphatic heterocycles. The molecule has 1 saturated heterocycles. The Balaban J connectivity index is 1.42. The van der Waals surface area contributed by atoms with E-state index in [9.17, 15) is 9.90 Å². The highest BCUT2D eigenvalue weighted by Gasteiger charge is 2.22. The SMILES string of the molecule is COc1cc(N)c(Cl)cc1C(=O)NCC1CCN(CCC(O)c2cccc(Cl)c2)CC1. The molecule has 1 amide bonds. The predicted molar refractivity (Wildman–Crippen MR) is 125 cm³/mol. The second-order valence-electron chi connectivity index (χ2n) is 7.93. The summed E-state index contributed by atoms with van der Waals surface area (Å²) in [4.78, 5) is 14.9. The van der Waals surface area contributed by atoms with Crippen LogP contribution in [0.15, 0.2) is 36.4 Å². The number of halogens is 2. The van der Waals surface area contributed by atoms with Crippen molar-refractivity contribution < 1.29 is 14.6 Å². The quantitative estimate of drug-likeness (QED) is 0.509. The summed E-state index contributed by atoms with van der Waals surface area (Å²) >= 11 is 12.1. The number of hydrogen-bond donors (Lipinski definition) is 3. The van der Waals surface area contributed by atoms with Gasteiger partial charge >= 0.3 is 0 Å². The van der Waals surface area contributed by atoms with E-state index in [4.69, 9.17) is 33.7 Å². The van der Waals surface area contributed by atoms with E-state index < -0.39 is 6.10 Å². The number of nitrogens with two attached hydrogens (primary N) is 1. The van der Waals surface area contributed by atoms with E-state index in [0.29, 0.717) is 45.9 Å². The third kappa shape index (κ3) is 6.50. The molecule has 0 aromatic heterocycles. The number of methoxy groups -OCH3 is 1. The van der Waals surface area contributed by atoms with E-state index in [1.807, 2.05) is 18.2 Å². The fraction of sp³-hybridized carbons (Fsp3) is 0.435. The van der Waals surface area contributed by atoms with Crippen molar-refractivity contribution in [1.82, 2.24) is 10.2 Å². The third-order valence-corrected chi connectivity index (χ3v) is 6.34. The molecule has 0 bridgehead atoms. The van der Waals surface area contributed by atoms with Crippen molar-refractivity contribution in [1.29, 1.82) is 0 Å². The molecule has 6 nitrogen and oxygen atoms in total. The number of benzene rings is 2. The number of anilines is 1. The maximum absolute atomic E-state index is 12.6. The van der Waals surface area contributed by atoms with Gasteiger partial charge in [0, 0.05) is 24.2 Å². The van der Waals surface area contributed by atoms with Gasteiger partial charge in [-0.25, -0.2) is 0 Å². The minimum atomic E-state index is -0.516. The molecule has 1 fully saturated rings. The molecule has 0 saturated carbocycles. The second-order valence-corrected chi connectivity index (χ2v) is 8.77. The molecule has 2 aromatic carbocycles. The Morgan fingerprint density at radius 2 is 2.03 bits per heavy atom.